The number of fused-ring (bicyclic) bond motifs is 1. The first-order valence-electron chi connectivity index (χ1n) is 18.1. The van der Waals surface area contributed by atoms with Crippen molar-refractivity contribution < 1.29 is 43.7 Å². The number of carbonyl (C=O) groups is 6. The maximum absolute atomic E-state index is 13.3. The zero-order valence-corrected chi connectivity index (χ0v) is 31.3. The number of aromatic nitrogens is 3. The van der Waals surface area contributed by atoms with E-state index in [0.717, 1.165) is 0 Å². The van der Waals surface area contributed by atoms with E-state index >= 15 is 0 Å². The molecule has 0 radical (unpaired) electrons. The molecule has 2 aliphatic heterocycles. The second-order valence-corrected chi connectivity index (χ2v) is 13.7. The van der Waals surface area contributed by atoms with E-state index in [0.29, 0.717) is 46.6 Å². The van der Waals surface area contributed by atoms with Gasteiger partial charge in [-0.2, -0.15) is 0 Å². The lowest BCUT2D eigenvalue weighted by Gasteiger charge is -2.29. The van der Waals surface area contributed by atoms with Gasteiger partial charge in [0.05, 0.1) is 12.2 Å². The predicted octanol–water partition coefficient (Wildman–Crippen LogP) is 3.69. The second-order valence-electron chi connectivity index (χ2n) is 13.7. The molecule has 3 aromatic carbocycles. The van der Waals surface area contributed by atoms with Crippen LogP contribution in [-0.4, -0.2) is 103 Å². The van der Waals surface area contributed by atoms with Gasteiger partial charge in [0, 0.05) is 67.2 Å². The van der Waals surface area contributed by atoms with E-state index in [1.54, 1.807) is 62.5 Å². The molecule has 1 atom stereocenters. The fourth-order valence-corrected chi connectivity index (χ4v) is 6.72. The fraction of sp³-hybridized carbons (Fsp3) is 0.333. The lowest BCUT2D eigenvalue weighted by Crippen LogP contribution is -2.52. The summed E-state index contributed by atoms with van der Waals surface area (Å²) >= 11 is 0. The molecule has 292 valence electrons. The molecule has 17 heteroatoms. The Morgan fingerprint density at radius 3 is 2.46 bits per heavy atom. The Kier molecular flexibility index (Phi) is 11.3. The van der Waals surface area contributed by atoms with Crippen LogP contribution < -0.4 is 16.0 Å². The molecule has 0 bridgehead atoms. The van der Waals surface area contributed by atoms with Crippen LogP contribution in [0.2, 0.25) is 0 Å². The second kappa shape index (κ2) is 16.3. The van der Waals surface area contributed by atoms with Gasteiger partial charge < -0.3 is 30.1 Å². The molecule has 1 fully saturated rings. The summed E-state index contributed by atoms with van der Waals surface area (Å²) < 4.78 is 6.83. The van der Waals surface area contributed by atoms with Crippen molar-refractivity contribution in [1.29, 1.82) is 0 Å². The van der Waals surface area contributed by atoms with Gasteiger partial charge >= 0.3 is 6.09 Å². The molecular weight excluding hydrogens is 724 g/mol. The lowest BCUT2D eigenvalue weighted by molar-refractivity contribution is -0.136. The molecule has 3 heterocycles. The third-order valence-electron chi connectivity index (χ3n) is 9.62. The number of aromatic hydroxyl groups is 2. The number of imide groups is 1. The summed E-state index contributed by atoms with van der Waals surface area (Å²) in [4.78, 5) is 79.0. The van der Waals surface area contributed by atoms with Crippen LogP contribution in [0.1, 0.15) is 88.4 Å². The van der Waals surface area contributed by atoms with Crippen molar-refractivity contribution in [3.63, 3.8) is 0 Å². The van der Waals surface area contributed by atoms with Crippen molar-refractivity contribution in [3.05, 3.63) is 82.7 Å². The molecule has 0 spiro atoms. The number of nitrogens with zero attached hydrogens (tertiary/aromatic N) is 5. The van der Waals surface area contributed by atoms with Crippen molar-refractivity contribution in [2.45, 2.75) is 58.5 Å². The molecular formula is C39H42N8O9. The highest BCUT2D eigenvalue weighted by atomic mass is 16.5. The molecule has 56 heavy (non-hydrogen) atoms. The normalized spacial score (nSPS) is 15.1. The summed E-state index contributed by atoms with van der Waals surface area (Å²) in [5, 5.41) is 37.1. The molecule has 0 aliphatic carbocycles. The number of hydrogen-bond acceptors (Lipinski definition) is 11. The van der Waals surface area contributed by atoms with Crippen LogP contribution in [0.3, 0.4) is 0 Å². The van der Waals surface area contributed by atoms with Crippen molar-refractivity contribution in [3.8, 4) is 28.6 Å². The monoisotopic (exact) mass is 766 g/mol. The Morgan fingerprint density at radius 2 is 1.77 bits per heavy atom. The average molecular weight is 767 g/mol. The van der Waals surface area contributed by atoms with E-state index in [9.17, 15) is 39.0 Å². The van der Waals surface area contributed by atoms with Crippen molar-refractivity contribution in [1.82, 2.24) is 35.2 Å². The molecule has 5 N–H and O–H groups in total. The van der Waals surface area contributed by atoms with Crippen LogP contribution >= 0.6 is 0 Å². The Morgan fingerprint density at radius 1 is 1.02 bits per heavy atom. The summed E-state index contributed by atoms with van der Waals surface area (Å²) in [5.41, 5.74) is 2.86. The molecule has 1 aromatic heterocycles. The zero-order valence-electron chi connectivity index (χ0n) is 31.3. The van der Waals surface area contributed by atoms with Gasteiger partial charge in [-0.1, -0.05) is 19.9 Å². The standard InChI is InChI=1S/C39H42N8O9/c1-5-40-36(52)34-44-43-33(26-18-25(21(2)3)30(48)19-31(26)49)47(34)23-12-10-22(11-13-23)37(53)45(4)16-7-17-56-39(55)41-28-9-6-8-24-27(28)20-46(38(24)54)29-14-15-32(50)42-35(29)51/h6,8-13,18-19,21,29,48-49H,5,7,14-17,20H2,1-4H3,(H,40,52)(H,41,55)(H,42,50,51). The predicted molar refractivity (Wildman–Crippen MR) is 201 cm³/mol. The van der Waals surface area contributed by atoms with E-state index in [2.05, 4.69) is 26.1 Å². The Labute approximate surface area is 321 Å². The maximum Gasteiger partial charge on any atom is 0.411 e. The number of nitrogens with one attached hydrogen (secondary N) is 3. The van der Waals surface area contributed by atoms with Crippen LogP contribution in [0.25, 0.3) is 17.1 Å². The first kappa shape index (κ1) is 38.9. The molecule has 4 aromatic rings. The summed E-state index contributed by atoms with van der Waals surface area (Å²) in [6.07, 6.45) is -0.0924. The minimum absolute atomic E-state index is 0.0135. The number of phenolic OH excluding ortho intramolecular Hbond substituents is 2. The number of benzene rings is 3. The van der Waals surface area contributed by atoms with E-state index in [1.807, 2.05) is 13.8 Å². The fourth-order valence-electron chi connectivity index (χ4n) is 6.72. The number of carbonyl (C=O) groups excluding carboxylic acids is 6. The molecule has 1 saturated heterocycles. The third kappa shape index (κ3) is 7.87. The zero-order chi connectivity index (χ0) is 40.3. The van der Waals surface area contributed by atoms with Gasteiger partial charge in [-0.15, -0.1) is 10.2 Å². The van der Waals surface area contributed by atoms with Crippen LogP contribution in [0.4, 0.5) is 10.5 Å². The highest BCUT2D eigenvalue weighted by molar-refractivity contribution is 6.06. The van der Waals surface area contributed by atoms with Crippen LogP contribution in [0.5, 0.6) is 11.5 Å². The van der Waals surface area contributed by atoms with E-state index in [4.69, 9.17) is 4.74 Å². The summed E-state index contributed by atoms with van der Waals surface area (Å²) in [6.45, 7) is 6.20. The molecule has 6 amide bonds. The number of rotatable bonds is 12. The SMILES string of the molecule is CCNC(=O)c1nnc(-c2cc(C(C)C)c(O)cc2O)n1-c1ccc(C(=O)N(C)CCCOC(=O)Nc2cccc3c2CN(C2CCC(=O)NC2=O)C3=O)cc1. The maximum atomic E-state index is 13.3. The van der Waals surface area contributed by atoms with Crippen molar-refractivity contribution >= 4 is 41.3 Å². The average Bonchev–Trinajstić information content (AvgIpc) is 3.75. The number of hydrogen-bond donors (Lipinski definition) is 5. The van der Waals surface area contributed by atoms with Crippen LogP contribution in [0.15, 0.2) is 54.6 Å². The molecule has 17 nitrogen and oxygen atoms in total. The Balaban J connectivity index is 1.07. The summed E-state index contributed by atoms with van der Waals surface area (Å²) in [7, 11) is 1.61. The van der Waals surface area contributed by atoms with E-state index < -0.39 is 23.9 Å². The van der Waals surface area contributed by atoms with Crippen LogP contribution in [0, 0.1) is 0 Å². The smallest absolute Gasteiger partial charge is 0.411 e. The summed E-state index contributed by atoms with van der Waals surface area (Å²) in [5.74, 6) is -2.37. The van der Waals surface area contributed by atoms with Crippen molar-refractivity contribution in [2.75, 3.05) is 32.1 Å². The first-order chi connectivity index (χ1) is 26.8. The molecule has 6 rings (SSSR count). The van der Waals surface area contributed by atoms with Gasteiger partial charge in [0.15, 0.2) is 5.82 Å². The Bertz CT molecular complexity index is 2220. The minimum atomic E-state index is -0.788. The van der Waals surface area contributed by atoms with Crippen molar-refractivity contribution in [2.24, 2.45) is 0 Å². The minimum Gasteiger partial charge on any atom is -0.508 e. The van der Waals surface area contributed by atoms with Gasteiger partial charge in [-0.05, 0) is 73.7 Å². The van der Waals surface area contributed by atoms with Gasteiger partial charge in [0.1, 0.15) is 17.5 Å². The largest absolute Gasteiger partial charge is 0.508 e. The topological polar surface area (TPSA) is 225 Å². The first-order valence-corrected chi connectivity index (χ1v) is 18.1. The number of ether oxygens (including phenoxy) is 1. The number of piperidine rings is 1. The van der Waals surface area contributed by atoms with E-state index in [1.165, 1.54) is 20.4 Å². The van der Waals surface area contributed by atoms with Gasteiger partial charge in [-0.25, -0.2) is 4.79 Å². The summed E-state index contributed by atoms with van der Waals surface area (Å²) in [6, 6.07) is 13.3. The molecule has 1 unspecified atom stereocenters. The van der Waals surface area contributed by atoms with Crippen LogP contribution in [-0.2, 0) is 20.9 Å². The molecule has 0 saturated carbocycles. The lowest BCUT2D eigenvalue weighted by atomic mass is 9.98. The number of phenols is 2. The van der Waals surface area contributed by atoms with Gasteiger partial charge in [0.25, 0.3) is 17.7 Å². The highest BCUT2D eigenvalue weighted by Crippen LogP contribution is 2.38. The number of anilines is 1. The highest BCUT2D eigenvalue weighted by Gasteiger charge is 2.40. The quantitative estimate of drug-likeness (QED) is 0.103. The third-order valence-corrected chi connectivity index (χ3v) is 9.62. The van der Waals surface area contributed by atoms with E-state index in [-0.39, 0.29) is 84.9 Å². The Hall–Kier alpha value is -6.78. The molecule has 2 aliphatic rings. The van der Waals surface area contributed by atoms with Gasteiger partial charge in [0.2, 0.25) is 17.6 Å². The van der Waals surface area contributed by atoms with Gasteiger partial charge in [-0.3, -0.25) is 39.2 Å². The number of amides is 6.